The SMILES string of the molecule is Cc1ccc(N(c2ccc(Cl)c(Cl)c2)S(=O)O)cc1. The van der Waals surface area contributed by atoms with Gasteiger partial charge in [0.05, 0.1) is 21.4 Å². The van der Waals surface area contributed by atoms with Gasteiger partial charge < -0.3 is 0 Å². The van der Waals surface area contributed by atoms with E-state index in [0.717, 1.165) is 5.56 Å². The van der Waals surface area contributed by atoms with Crippen molar-refractivity contribution in [1.82, 2.24) is 0 Å². The smallest absolute Gasteiger partial charge is 0.266 e. The zero-order valence-corrected chi connectivity index (χ0v) is 12.3. The Morgan fingerprint density at radius 1 is 1.00 bits per heavy atom. The number of rotatable bonds is 3. The van der Waals surface area contributed by atoms with Crippen LogP contribution in [0.25, 0.3) is 0 Å². The maximum atomic E-state index is 11.5. The summed E-state index contributed by atoms with van der Waals surface area (Å²) in [6, 6.07) is 12.1. The molecule has 2 rings (SSSR count). The third-order valence-electron chi connectivity index (χ3n) is 2.56. The monoisotopic (exact) mass is 315 g/mol. The molecule has 0 aliphatic heterocycles. The summed E-state index contributed by atoms with van der Waals surface area (Å²) in [5.74, 6) is 0. The second kappa shape index (κ2) is 5.92. The van der Waals surface area contributed by atoms with Gasteiger partial charge in [0.15, 0.2) is 0 Å². The van der Waals surface area contributed by atoms with Crippen molar-refractivity contribution in [3.05, 3.63) is 58.1 Å². The van der Waals surface area contributed by atoms with Crippen LogP contribution in [0.4, 0.5) is 11.4 Å². The molecule has 2 aromatic rings. The Labute approximate surface area is 124 Å². The third kappa shape index (κ3) is 3.28. The van der Waals surface area contributed by atoms with E-state index in [1.54, 1.807) is 30.3 Å². The molecule has 0 heterocycles. The van der Waals surface area contributed by atoms with Crippen LogP contribution < -0.4 is 4.31 Å². The van der Waals surface area contributed by atoms with Crippen molar-refractivity contribution in [2.24, 2.45) is 0 Å². The molecule has 0 aliphatic rings. The van der Waals surface area contributed by atoms with Gasteiger partial charge in [-0.05, 0) is 37.3 Å². The Kier molecular flexibility index (Phi) is 4.47. The first-order valence-electron chi connectivity index (χ1n) is 5.42. The Hall–Kier alpha value is -1.07. The van der Waals surface area contributed by atoms with Crippen LogP contribution in [-0.4, -0.2) is 8.76 Å². The van der Waals surface area contributed by atoms with E-state index in [0.29, 0.717) is 21.4 Å². The molecule has 6 heteroatoms. The Balaban J connectivity index is 2.48. The molecule has 1 atom stereocenters. The number of halogens is 2. The van der Waals surface area contributed by atoms with Crippen molar-refractivity contribution in [3.8, 4) is 0 Å². The number of hydrogen-bond acceptors (Lipinski definition) is 1. The minimum Gasteiger partial charge on any atom is -0.289 e. The summed E-state index contributed by atoms with van der Waals surface area (Å²) >= 11 is 9.58. The van der Waals surface area contributed by atoms with Gasteiger partial charge in [0.25, 0.3) is 11.3 Å². The molecule has 0 amide bonds. The van der Waals surface area contributed by atoms with Crippen LogP contribution in [0.3, 0.4) is 0 Å². The highest BCUT2D eigenvalue weighted by Gasteiger charge is 2.15. The highest BCUT2D eigenvalue weighted by atomic mass is 35.5. The van der Waals surface area contributed by atoms with Crippen LogP contribution in [0.2, 0.25) is 10.0 Å². The molecule has 0 fully saturated rings. The lowest BCUT2D eigenvalue weighted by molar-refractivity contribution is 0.564. The molecule has 3 nitrogen and oxygen atoms in total. The summed E-state index contributed by atoms with van der Waals surface area (Å²) in [6.07, 6.45) is 0. The number of benzene rings is 2. The molecule has 0 saturated carbocycles. The molecular formula is C13H11Cl2NO2S. The van der Waals surface area contributed by atoms with E-state index in [1.165, 1.54) is 4.31 Å². The molecule has 2 aromatic carbocycles. The Bertz CT molecular complexity index is 617. The first-order chi connectivity index (χ1) is 8.99. The zero-order chi connectivity index (χ0) is 14.0. The lowest BCUT2D eigenvalue weighted by atomic mass is 10.2. The van der Waals surface area contributed by atoms with E-state index in [1.807, 2.05) is 19.1 Å². The molecule has 0 aliphatic carbocycles. The zero-order valence-electron chi connectivity index (χ0n) is 10.0. The summed E-state index contributed by atoms with van der Waals surface area (Å²) in [5.41, 5.74) is 2.17. The second-order valence-electron chi connectivity index (χ2n) is 3.96. The maximum Gasteiger partial charge on any atom is 0.266 e. The van der Waals surface area contributed by atoms with E-state index in [-0.39, 0.29) is 0 Å². The molecule has 0 bridgehead atoms. The lowest BCUT2D eigenvalue weighted by Gasteiger charge is -2.20. The van der Waals surface area contributed by atoms with Crippen LogP contribution >= 0.6 is 23.2 Å². The van der Waals surface area contributed by atoms with Crippen LogP contribution in [0.5, 0.6) is 0 Å². The molecule has 1 N–H and O–H groups in total. The van der Waals surface area contributed by atoms with Crippen molar-refractivity contribution < 1.29 is 8.76 Å². The molecule has 19 heavy (non-hydrogen) atoms. The molecule has 0 radical (unpaired) electrons. The minimum atomic E-state index is -2.20. The lowest BCUT2D eigenvalue weighted by Crippen LogP contribution is -2.19. The highest BCUT2D eigenvalue weighted by Crippen LogP contribution is 2.32. The van der Waals surface area contributed by atoms with E-state index < -0.39 is 11.3 Å². The molecular weight excluding hydrogens is 305 g/mol. The molecule has 1 unspecified atom stereocenters. The van der Waals surface area contributed by atoms with Crippen molar-refractivity contribution >= 4 is 45.8 Å². The average Bonchev–Trinajstić information content (AvgIpc) is 2.36. The largest absolute Gasteiger partial charge is 0.289 e. The van der Waals surface area contributed by atoms with Crippen LogP contribution in [0.1, 0.15) is 5.56 Å². The van der Waals surface area contributed by atoms with Gasteiger partial charge >= 0.3 is 0 Å². The summed E-state index contributed by atoms with van der Waals surface area (Å²) in [7, 11) is 0. The fourth-order valence-electron chi connectivity index (χ4n) is 1.62. The van der Waals surface area contributed by atoms with Gasteiger partial charge in [-0.15, -0.1) is 0 Å². The van der Waals surface area contributed by atoms with Crippen molar-refractivity contribution in [3.63, 3.8) is 0 Å². The Morgan fingerprint density at radius 3 is 2.11 bits per heavy atom. The van der Waals surface area contributed by atoms with Gasteiger partial charge in [0.1, 0.15) is 0 Å². The third-order valence-corrected chi connectivity index (χ3v) is 4.04. The topological polar surface area (TPSA) is 40.5 Å². The molecule has 0 aromatic heterocycles. The number of aryl methyl sites for hydroxylation is 1. The standard InChI is InChI=1S/C13H11Cl2NO2S/c1-9-2-4-10(5-3-9)16(19(17)18)11-6-7-12(14)13(15)8-11/h2-8H,1H3,(H,17,18). The normalized spacial score (nSPS) is 12.2. The van der Waals surface area contributed by atoms with E-state index in [9.17, 15) is 8.76 Å². The van der Waals surface area contributed by atoms with Gasteiger partial charge in [-0.2, -0.15) is 0 Å². The highest BCUT2D eigenvalue weighted by molar-refractivity contribution is 7.81. The number of hydrogen-bond donors (Lipinski definition) is 1. The first-order valence-corrected chi connectivity index (χ1v) is 7.24. The fourth-order valence-corrected chi connectivity index (χ4v) is 2.51. The van der Waals surface area contributed by atoms with Crippen molar-refractivity contribution in [2.75, 3.05) is 4.31 Å². The van der Waals surface area contributed by atoms with E-state index in [2.05, 4.69) is 0 Å². The van der Waals surface area contributed by atoms with Crippen LogP contribution in [-0.2, 0) is 11.3 Å². The summed E-state index contributed by atoms with van der Waals surface area (Å²) in [4.78, 5) is 0. The quantitative estimate of drug-likeness (QED) is 0.842. The van der Waals surface area contributed by atoms with Gasteiger partial charge in [-0.1, -0.05) is 40.9 Å². The summed E-state index contributed by atoms with van der Waals surface area (Å²) in [5, 5.41) is 0.736. The number of nitrogens with zero attached hydrogens (tertiary/aromatic N) is 1. The number of anilines is 2. The average molecular weight is 316 g/mol. The van der Waals surface area contributed by atoms with E-state index in [4.69, 9.17) is 23.2 Å². The van der Waals surface area contributed by atoms with Gasteiger partial charge in [0, 0.05) is 0 Å². The Morgan fingerprint density at radius 2 is 1.58 bits per heavy atom. The van der Waals surface area contributed by atoms with Crippen LogP contribution in [0.15, 0.2) is 42.5 Å². The van der Waals surface area contributed by atoms with Gasteiger partial charge in [-0.25, -0.2) is 8.51 Å². The predicted octanol–water partition coefficient (Wildman–Crippen LogP) is 4.58. The van der Waals surface area contributed by atoms with E-state index >= 15 is 0 Å². The van der Waals surface area contributed by atoms with Crippen LogP contribution in [0, 0.1) is 6.92 Å². The minimum absolute atomic E-state index is 0.335. The van der Waals surface area contributed by atoms with Crippen molar-refractivity contribution in [1.29, 1.82) is 0 Å². The molecule has 0 saturated heterocycles. The first kappa shape index (κ1) is 14.3. The fraction of sp³-hybridized carbons (Fsp3) is 0.0769. The predicted molar refractivity (Wildman–Crippen MR) is 80.6 cm³/mol. The van der Waals surface area contributed by atoms with Crippen molar-refractivity contribution in [2.45, 2.75) is 6.92 Å². The van der Waals surface area contributed by atoms with Gasteiger partial charge in [-0.3, -0.25) is 4.55 Å². The molecule has 0 spiro atoms. The summed E-state index contributed by atoms with van der Waals surface area (Å²) in [6.45, 7) is 1.95. The summed E-state index contributed by atoms with van der Waals surface area (Å²) < 4.78 is 22.3. The maximum absolute atomic E-state index is 11.5. The van der Waals surface area contributed by atoms with Gasteiger partial charge in [0.2, 0.25) is 0 Å². The second-order valence-corrected chi connectivity index (χ2v) is 5.60. The molecule has 100 valence electrons.